The Morgan fingerprint density at radius 2 is 2.03 bits per heavy atom. The zero-order valence-corrected chi connectivity index (χ0v) is 15.8. The Balaban J connectivity index is 1.51. The fraction of sp³-hybridized carbons (Fsp3) is 0.0500. The van der Waals surface area contributed by atoms with Crippen molar-refractivity contribution >= 4 is 22.4 Å². The second-order valence-corrected chi connectivity index (χ2v) is 6.96. The maximum atomic E-state index is 13.0. The van der Waals surface area contributed by atoms with Gasteiger partial charge in [-0.1, -0.05) is 6.07 Å². The Hall–Kier alpha value is -3.72. The van der Waals surface area contributed by atoms with Gasteiger partial charge in [0.1, 0.15) is 11.5 Å². The molecule has 0 saturated heterocycles. The van der Waals surface area contributed by atoms with E-state index in [0.717, 1.165) is 11.8 Å². The van der Waals surface area contributed by atoms with E-state index >= 15 is 0 Å². The highest BCUT2D eigenvalue weighted by Crippen LogP contribution is 2.23. The summed E-state index contributed by atoms with van der Waals surface area (Å²) in [6.07, 6.45) is 5.93. The number of nitrogens with zero attached hydrogens (tertiary/aromatic N) is 4. The molecule has 9 heteroatoms. The van der Waals surface area contributed by atoms with Gasteiger partial charge in [-0.15, -0.1) is 11.3 Å². The number of thiazole rings is 1. The van der Waals surface area contributed by atoms with Crippen LogP contribution in [0, 0.1) is 5.82 Å². The molecule has 4 rings (SSSR count). The first-order valence-corrected chi connectivity index (χ1v) is 9.45. The van der Waals surface area contributed by atoms with E-state index in [2.05, 4.69) is 20.3 Å². The van der Waals surface area contributed by atoms with Gasteiger partial charge in [0.25, 0.3) is 11.5 Å². The van der Waals surface area contributed by atoms with Crippen molar-refractivity contribution in [2.75, 3.05) is 5.32 Å². The van der Waals surface area contributed by atoms with Crippen molar-refractivity contribution in [2.24, 2.45) is 0 Å². The lowest BCUT2D eigenvalue weighted by molar-refractivity contribution is 0.102. The molecule has 0 aromatic carbocycles. The van der Waals surface area contributed by atoms with E-state index in [1.165, 1.54) is 46.4 Å². The number of hydrogen-bond donors (Lipinski definition) is 1. The number of amides is 1. The van der Waals surface area contributed by atoms with E-state index < -0.39 is 11.7 Å². The van der Waals surface area contributed by atoms with E-state index in [1.807, 2.05) is 6.07 Å². The van der Waals surface area contributed by atoms with Crippen LogP contribution < -0.4 is 10.9 Å². The van der Waals surface area contributed by atoms with Gasteiger partial charge in [-0.3, -0.25) is 24.9 Å². The topological polar surface area (TPSA) is 89.8 Å². The van der Waals surface area contributed by atoms with Crippen LogP contribution in [0.25, 0.3) is 11.4 Å². The van der Waals surface area contributed by atoms with Crippen LogP contribution in [0.3, 0.4) is 0 Å². The van der Waals surface area contributed by atoms with Gasteiger partial charge in [-0.2, -0.15) is 0 Å². The first kappa shape index (κ1) is 18.6. The molecule has 1 amide bonds. The van der Waals surface area contributed by atoms with Gasteiger partial charge in [0.2, 0.25) is 0 Å². The third-order valence-electron chi connectivity index (χ3n) is 4.04. The SMILES string of the molecule is O=C(Nc1nc(-c2ccc(F)cn2)cs1)c1ccc(=O)n(Cc2cccnc2)c1. The molecule has 0 saturated carbocycles. The molecule has 1 N–H and O–H groups in total. The standard InChI is InChI=1S/C20H14FN5O2S/c21-15-4-5-16(23-9-15)17-12-29-20(24-17)25-19(28)14-3-6-18(27)26(11-14)10-13-2-1-7-22-8-13/h1-9,11-12H,10H2,(H,24,25,28). The lowest BCUT2D eigenvalue weighted by atomic mass is 10.2. The lowest BCUT2D eigenvalue weighted by Crippen LogP contribution is -2.22. The van der Waals surface area contributed by atoms with Gasteiger partial charge in [-0.05, 0) is 29.8 Å². The van der Waals surface area contributed by atoms with Crippen LogP contribution in [0.1, 0.15) is 15.9 Å². The molecule has 4 aromatic rings. The maximum absolute atomic E-state index is 13.0. The molecular weight excluding hydrogens is 393 g/mol. The van der Waals surface area contributed by atoms with Gasteiger partial charge in [0, 0.05) is 30.0 Å². The molecule has 0 aliphatic heterocycles. The van der Waals surface area contributed by atoms with Gasteiger partial charge < -0.3 is 4.57 Å². The van der Waals surface area contributed by atoms with E-state index in [1.54, 1.807) is 23.8 Å². The Labute approximate surface area is 168 Å². The van der Waals surface area contributed by atoms with Crippen LogP contribution in [0.5, 0.6) is 0 Å². The van der Waals surface area contributed by atoms with Crippen LogP contribution in [0.4, 0.5) is 9.52 Å². The fourth-order valence-electron chi connectivity index (χ4n) is 2.62. The molecule has 0 spiro atoms. The molecule has 0 unspecified atom stereocenters. The summed E-state index contributed by atoms with van der Waals surface area (Å²) < 4.78 is 14.4. The van der Waals surface area contributed by atoms with Crippen molar-refractivity contribution in [3.8, 4) is 11.4 Å². The number of aromatic nitrogens is 4. The normalized spacial score (nSPS) is 10.7. The van der Waals surface area contributed by atoms with Crippen molar-refractivity contribution in [1.82, 2.24) is 19.5 Å². The van der Waals surface area contributed by atoms with Gasteiger partial charge >= 0.3 is 0 Å². The number of pyridine rings is 3. The minimum Gasteiger partial charge on any atom is -0.310 e. The molecule has 7 nitrogen and oxygen atoms in total. The molecule has 4 aromatic heterocycles. The van der Waals surface area contributed by atoms with Crippen LogP contribution in [-0.4, -0.2) is 25.4 Å². The van der Waals surface area contributed by atoms with Gasteiger partial charge in [0.05, 0.1) is 24.0 Å². The quantitative estimate of drug-likeness (QED) is 0.549. The smallest absolute Gasteiger partial charge is 0.258 e. The summed E-state index contributed by atoms with van der Waals surface area (Å²) in [5, 5.41) is 4.81. The first-order valence-electron chi connectivity index (χ1n) is 8.57. The first-order chi connectivity index (χ1) is 14.1. The lowest BCUT2D eigenvalue weighted by Gasteiger charge is -2.08. The van der Waals surface area contributed by atoms with Crippen molar-refractivity contribution in [1.29, 1.82) is 0 Å². The zero-order valence-electron chi connectivity index (χ0n) is 14.9. The Morgan fingerprint density at radius 1 is 1.14 bits per heavy atom. The number of carbonyl (C=O) groups is 1. The highest BCUT2D eigenvalue weighted by Gasteiger charge is 2.12. The summed E-state index contributed by atoms with van der Waals surface area (Å²) in [6.45, 7) is 0.311. The average molecular weight is 407 g/mol. The van der Waals surface area contributed by atoms with Crippen LogP contribution >= 0.6 is 11.3 Å². The molecule has 144 valence electrons. The monoisotopic (exact) mass is 407 g/mol. The van der Waals surface area contributed by atoms with Crippen LogP contribution in [0.15, 0.2) is 71.4 Å². The summed E-state index contributed by atoms with van der Waals surface area (Å²) >= 11 is 1.23. The van der Waals surface area contributed by atoms with E-state index in [9.17, 15) is 14.0 Å². The van der Waals surface area contributed by atoms with Crippen molar-refractivity contribution in [3.05, 3.63) is 93.9 Å². The van der Waals surface area contributed by atoms with Crippen molar-refractivity contribution in [3.63, 3.8) is 0 Å². The molecule has 0 fully saturated rings. The summed E-state index contributed by atoms with van der Waals surface area (Å²) in [5.41, 5.74) is 2.00. The maximum Gasteiger partial charge on any atom is 0.258 e. The van der Waals surface area contributed by atoms with Crippen LogP contribution in [-0.2, 0) is 6.54 Å². The van der Waals surface area contributed by atoms with Crippen LogP contribution in [0.2, 0.25) is 0 Å². The van der Waals surface area contributed by atoms with Crippen molar-refractivity contribution in [2.45, 2.75) is 6.54 Å². The second kappa shape index (κ2) is 8.11. The number of nitrogens with one attached hydrogen (secondary N) is 1. The molecular formula is C20H14FN5O2S. The number of halogens is 1. The average Bonchev–Trinajstić information content (AvgIpc) is 3.19. The third kappa shape index (κ3) is 4.41. The zero-order chi connectivity index (χ0) is 20.2. The Morgan fingerprint density at radius 3 is 2.79 bits per heavy atom. The number of rotatable bonds is 5. The second-order valence-electron chi connectivity index (χ2n) is 6.10. The molecule has 29 heavy (non-hydrogen) atoms. The largest absolute Gasteiger partial charge is 0.310 e. The molecule has 4 heterocycles. The highest BCUT2D eigenvalue weighted by atomic mass is 32.1. The van der Waals surface area contributed by atoms with Crippen molar-refractivity contribution < 1.29 is 9.18 Å². The van der Waals surface area contributed by atoms with E-state index in [0.29, 0.717) is 28.6 Å². The molecule has 0 atom stereocenters. The molecule has 0 aliphatic carbocycles. The predicted molar refractivity (Wildman–Crippen MR) is 107 cm³/mol. The minimum absolute atomic E-state index is 0.218. The Bertz CT molecular complexity index is 1210. The molecule has 0 bridgehead atoms. The van der Waals surface area contributed by atoms with Gasteiger partial charge in [-0.25, -0.2) is 9.37 Å². The number of carbonyl (C=O) groups excluding carboxylic acids is 1. The number of hydrogen-bond acceptors (Lipinski definition) is 6. The summed E-state index contributed by atoms with van der Waals surface area (Å²) in [6, 6.07) is 9.27. The summed E-state index contributed by atoms with van der Waals surface area (Å²) in [5.74, 6) is -0.822. The highest BCUT2D eigenvalue weighted by molar-refractivity contribution is 7.14. The minimum atomic E-state index is -0.432. The third-order valence-corrected chi connectivity index (χ3v) is 4.79. The number of anilines is 1. The Kier molecular flexibility index (Phi) is 5.21. The molecule has 0 radical (unpaired) electrons. The van der Waals surface area contributed by atoms with Gasteiger partial charge in [0.15, 0.2) is 5.13 Å². The summed E-state index contributed by atoms with van der Waals surface area (Å²) in [4.78, 5) is 37.0. The predicted octanol–water partition coefficient (Wildman–Crippen LogP) is 3.20. The summed E-state index contributed by atoms with van der Waals surface area (Å²) in [7, 11) is 0. The van der Waals surface area contributed by atoms with E-state index in [4.69, 9.17) is 0 Å². The van der Waals surface area contributed by atoms with E-state index in [-0.39, 0.29) is 5.56 Å². The molecule has 0 aliphatic rings. The fourth-order valence-corrected chi connectivity index (χ4v) is 3.32.